The minimum atomic E-state index is -0.162. The number of hydrogen-bond donors (Lipinski definition) is 3. The molecule has 0 spiro atoms. The van der Waals surface area contributed by atoms with E-state index in [1.807, 2.05) is 6.92 Å². The zero-order valence-electron chi connectivity index (χ0n) is 17.5. The molecule has 4 fully saturated rings. The summed E-state index contributed by atoms with van der Waals surface area (Å²) in [5.74, 6) is 3.74. The Kier molecular flexibility index (Phi) is 5.12. The Morgan fingerprint density at radius 3 is 2.48 bits per heavy atom. The standard InChI is InChI=1S/C23H40N2O2/c1-14(26)18-6-7-19-17-5-4-15-12-16(25-21(27)13-24)8-10-22(15,2)20(17)9-11-23(18,19)3/h14-20,26H,4-13,24H2,1-3H3,(H,25,27)/t14?,15-,16+,17-,18+,19-,20-,22-,23+/m0/s1. The lowest BCUT2D eigenvalue weighted by Gasteiger charge is -2.61. The van der Waals surface area contributed by atoms with Crippen molar-refractivity contribution in [2.75, 3.05) is 6.54 Å². The van der Waals surface area contributed by atoms with Gasteiger partial charge in [-0.15, -0.1) is 0 Å². The van der Waals surface area contributed by atoms with Gasteiger partial charge in [0.1, 0.15) is 0 Å². The Morgan fingerprint density at radius 2 is 1.78 bits per heavy atom. The van der Waals surface area contributed by atoms with Crippen LogP contribution in [-0.2, 0) is 4.79 Å². The van der Waals surface area contributed by atoms with Crippen LogP contribution in [-0.4, -0.2) is 29.7 Å². The van der Waals surface area contributed by atoms with Gasteiger partial charge in [-0.05, 0) is 105 Å². The maximum absolute atomic E-state index is 11.7. The van der Waals surface area contributed by atoms with E-state index in [2.05, 4.69) is 19.2 Å². The second-order valence-corrected chi connectivity index (χ2v) is 10.9. The van der Waals surface area contributed by atoms with Crippen LogP contribution in [0.4, 0.5) is 0 Å². The van der Waals surface area contributed by atoms with Crippen molar-refractivity contribution in [1.82, 2.24) is 5.32 Å². The molecule has 27 heavy (non-hydrogen) atoms. The topological polar surface area (TPSA) is 75.3 Å². The quantitative estimate of drug-likeness (QED) is 0.706. The van der Waals surface area contributed by atoms with Crippen molar-refractivity contribution < 1.29 is 9.90 Å². The van der Waals surface area contributed by atoms with Crippen LogP contribution in [0.5, 0.6) is 0 Å². The molecule has 0 aromatic carbocycles. The number of carbonyl (C=O) groups excluding carboxylic acids is 1. The lowest BCUT2D eigenvalue weighted by molar-refractivity contribution is -0.128. The minimum Gasteiger partial charge on any atom is -0.393 e. The zero-order valence-corrected chi connectivity index (χ0v) is 17.5. The Hall–Kier alpha value is -0.610. The maximum Gasteiger partial charge on any atom is 0.233 e. The van der Waals surface area contributed by atoms with Crippen LogP contribution in [0.2, 0.25) is 0 Å². The van der Waals surface area contributed by atoms with E-state index in [0.29, 0.717) is 22.8 Å². The van der Waals surface area contributed by atoms with E-state index >= 15 is 0 Å². The Bertz CT molecular complexity index is 579. The second kappa shape index (κ2) is 7.02. The molecule has 4 saturated carbocycles. The van der Waals surface area contributed by atoms with Crippen LogP contribution in [0.1, 0.15) is 78.6 Å². The molecule has 0 aromatic heterocycles. The molecule has 4 aliphatic rings. The van der Waals surface area contributed by atoms with Crippen LogP contribution in [0.3, 0.4) is 0 Å². The molecule has 9 atom stereocenters. The van der Waals surface area contributed by atoms with E-state index in [-0.39, 0.29) is 18.6 Å². The second-order valence-electron chi connectivity index (χ2n) is 10.9. The fraction of sp³-hybridized carbons (Fsp3) is 0.957. The van der Waals surface area contributed by atoms with Crippen LogP contribution in [0, 0.1) is 40.4 Å². The van der Waals surface area contributed by atoms with Gasteiger partial charge in [0.05, 0.1) is 12.6 Å². The zero-order chi connectivity index (χ0) is 19.4. The summed E-state index contributed by atoms with van der Waals surface area (Å²) in [6.45, 7) is 7.18. The Labute approximate surface area is 165 Å². The third kappa shape index (κ3) is 3.06. The van der Waals surface area contributed by atoms with Crippen molar-refractivity contribution in [3.63, 3.8) is 0 Å². The summed E-state index contributed by atoms with van der Waals surface area (Å²) in [7, 11) is 0. The van der Waals surface area contributed by atoms with E-state index in [4.69, 9.17) is 5.73 Å². The van der Waals surface area contributed by atoms with Gasteiger partial charge in [0.2, 0.25) is 5.91 Å². The average molecular weight is 377 g/mol. The van der Waals surface area contributed by atoms with Crippen molar-refractivity contribution >= 4 is 5.91 Å². The molecule has 4 N–H and O–H groups in total. The monoisotopic (exact) mass is 376 g/mol. The third-order valence-corrected chi connectivity index (χ3v) is 9.87. The lowest BCUT2D eigenvalue weighted by atomic mass is 9.44. The van der Waals surface area contributed by atoms with Crippen molar-refractivity contribution in [2.45, 2.75) is 90.7 Å². The largest absolute Gasteiger partial charge is 0.393 e. The predicted octanol–water partition coefficient (Wildman–Crippen LogP) is 3.47. The van der Waals surface area contributed by atoms with Gasteiger partial charge < -0.3 is 16.2 Å². The summed E-state index contributed by atoms with van der Waals surface area (Å²) in [6.07, 6.45) is 11.2. The molecular formula is C23H40N2O2. The summed E-state index contributed by atoms with van der Waals surface area (Å²) in [6, 6.07) is 0.329. The SMILES string of the molecule is CC(O)[C@H]1CC[C@H]2[C@@H]3CC[C@H]4C[C@H](NC(=O)CN)CC[C@]4(C)[C@H]3CC[C@]12C. The summed E-state index contributed by atoms with van der Waals surface area (Å²) in [5.41, 5.74) is 6.29. The molecule has 0 saturated heterocycles. The molecule has 0 aliphatic heterocycles. The van der Waals surface area contributed by atoms with Gasteiger partial charge in [-0.1, -0.05) is 13.8 Å². The van der Waals surface area contributed by atoms with Crippen LogP contribution in [0.25, 0.3) is 0 Å². The highest BCUT2D eigenvalue weighted by Crippen LogP contribution is 2.67. The highest BCUT2D eigenvalue weighted by molar-refractivity contribution is 5.78. The minimum absolute atomic E-state index is 0.000780. The van der Waals surface area contributed by atoms with Crippen molar-refractivity contribution in [3.05, 3.63) is 0 Å². The first kappa shape index (κ1) is 19.7. The number of carbonyl (C=O) groups is 1. The molecule has 1 amide bonds. The number of aliphatic hydroxyl groups is 1. The van der Waals surface area contributed by atoms with E-state index < -0.39 is 0 Å². The van der Waals surface area contributed by atoms with Gasteiger partial charge in [0.15, 0.2) is 0 Å². The number of fused-ring (bicyclic) bond motifs is 5. The highest BCUT2D eigenvalue weighted by Gasteiger charge is 2.60. The summed E-state index contributed by atoms with van der Waals surface area (Å²) in [4.78, 5) is 11.7. The van der Waals surface area contributed by atoms with E-state index in [1.165, 1.54) is 44.9 Å². The van der Waals surface area contributed by atoms with Crippen LogP contribution in [0.15, 0.2) is 0 Å². The molecule has 4 heteroatoms. The summed E-state index contributed by atoms with van der Waals surface area (Å²) >= 11 is 0. The number of rotatable bonds is 3. The molecular weight excluding hydrogens is 336 g/mol. The molecule has 1 unspecified atom stereocenters. The molecule has 0 heterocycles. The first-order valence-electron chi connectivity index (χ1n) is 11.5. The van der Waals surface area contributed by atoms with Crippen LogP contribution >= 0.6 is 0 Å². The third-order valence-electron chi connectivity index (χ3n) is 9.87. The predicted molar refractivity (Wildman–Crippen MR) is 108 cm³/mol. The first-order valence-corrected chi connectivity index (χ1v) is 11.5. The summed E-state index contributed by atoms with van der Waals surface area (Å²) in [5, 5.41) is 13.5. The van der Waals surface area contributed by atoms with Crippen molar-refractivity contribution in [3.8, 4) is 0 Å². The molecule has 0 bridgehead atoms. The van der Waals surface area contributed by atoms with Crippen LogP contribution < -0.4 is 11.1 Å². The molecule has 4 nitrogen and oxygen atoms in total. The Morgan fingerprint density at radius 1 is 1.07 bits per heavy atom. The number of aliphatic hydroxyl groups excluding tert-OH is 1. The number of amides is 1. The molecule has 4 aliphatic carbocycles. The number of hydrogen-bond acceptors (Lipinski definition) is 3. The maximum atomic E-state index is 11.7. The van der Waals surface area contributed by atoms with E-state index in [9.17, 15) is 9.90 Å². The number of nitrogens with one attached hydrogen (secondary N) is 1. The molecule has 154 valence electrons. The normalized spacial score (nSPS) is 50.3. The van der Waals surface area contributed by atoms with Gasteiger partial charge in [-0.25, -0.2) is 0 Å². The smallest absolute Gasteiger partial charge is 0.233 e. The lowest BCUT2D eigenvalue weighted by Crippen LogP contribution is -2.56. The van der Waals surface area contributed by atoms with Gasteiger partial charge in [-0.2, -0.15) is 0 Å². The average Bonchev–Trinajstić information content (AvgIpc) is 2.99. The fourth-order valence-electron chi connectivity index (χ4n) is 8.51. The summed E-state index contributed by atoms with van der Waals surface area (Å²) < 4.78 is 0. The van der Waals surface area contributed by atoms with Crippen molar-refractivity contribution in [2.24, 2.45) is 46.2 Å². The van der Waals surface area contributed by atoms with E-state index in [1.54, 1.807) is 0 Å². The molecule has 0 aromatic rings. The van der Waals surface area contributed by atoms with Gasteiger partial charge >= 0.3 is 0 Å². The fourth-order valence-corrected chi connectivity index (χ4v) is 8.51. The first-order chi connectivity index (χ1) is 12.8. The van der Waals surface area contributed by atoms with Gasteiger partial charge in [0.25, 0.3) is 0 Å². The van der Waals surface area contributed by atoms with Gasteiger partial charge in [0, 0.05) is 6.04 Å². The van der Waals surface area contributed by atoms with Gasteiger partial charge in [-0.3, -0.25) is 4.79 Å². The Balaban J connectivity index is 1.50. The van der Waals surface area contributed by atoms with E-state index in [0.717, 1.165) is 36.5 Å². The molecule has 0 radical (unpaired) electrons. The number of nitrogens with two attached hydrogens (primary N) is 1. The highest BCUT2D eigenvalue weighted by atomic mass is 16.3. The molecule has 4 rings (SSSR count). The van der Waals surface area contributed by atoms with Crippen molar-refractivity contribution in [1.29, 1.82) is 0 Å².